The summed E-state index contributed by atoms with van der Waals surface area (Å²) in [4.78, 5) is 13.8. The first-order valence-electron chi connectivity index (χ1n) is 9.81. The molecule has 32 heavy (non-hydrogen) atoms. The van der Waals surface area contributed by atoms with Crippen LogP contribution < -0.4 is 15.4 Å². The molecule has 0 saturated heterocycles. The number of alkyl halides is 3. The third-order valence-corrected chi connectivity index (χ3v) is 6.13. The number of para-hydroxylation sites is 1. The van der Waals surface area contributed by atoms with Gasteiger partial charge in [0.15, 0.2) is 6.04 Å². The molecule has 0 spiro atoms. The molecule has 1 aliphatic heterocycles. The molecule has 0 fully saturated rings. The van der Waals surface area contributed by atoms with Gasteiger partial charge in [-0.15, -0.1) is 11.8 Å². The Morgan fingerprint density at radius 3 is 2.75 bits per heavy atom. The number of carbonyl (C=O) groups is 1. The van der Waals surface area contributed by atoms with E-state index >= 15 is 0 Å². The predicted octanol–water partition coefficient (Wildman–Crippen LogP) is 5.53. The van der Waals surface area contributed by atoms with Gasteiger partial charge in [-0.1, -0.05) is 24.3 Å². The van der Waals surface area contributed by atoms with E-state index in [2.05, 4.69) is 15.7 Å². The van der Waals surface area contributed by atoms with Crippen molar-refractivity contribution >= 4 is 29.2 Å². The maximum Gasteiger partial charge on any atom is 0.410 e. The third kappa shape index (κ3) is 4.27. The number of nitrogens with zero attached hydrogens (tertiary/aromatic N) is 2. The predicted molar refractivity (Wildman–Crippen MR) is 117 cm³/mol. The van der Waals surface area contributed by atoms with Crippen LogP contribution in [0.3, 0.4) is 0 Å². The lowest BCUT2D eigenvalue weighted by Gasteiger charge is -2.34. The fourth-order valence-corrected chi connectivity index (χ4v) is 4.30. The van der Waals surface area contributed by atoms with Crippen molar-refractivity contribution in [3.63, 3.8) is 0 Å². The Kier molecular flexibility index (Phi) is 6.05. The Balaban J connectivity index is 1.70. The van der Waals surface area contributed by atoms with Crippen LogP contribution >= 0.6 is 11.8 Å². The van der Waals surface area contributed by atoms with Crippen molar-refractivity contribution < 1.29 is 22.7 Å². The summed E-state index contributed by atoms with van der Waals surface area (Å²) < 4.78 is 47.7. The Morgan fingerprint density at radius 1 is 1.25 bits per heavy atom. The highest BCUT2D eigenvalue weighted by molar-refractivity contribution is 7.98. The number of methoxy groups -OCH3 is 1. The molecule has 2 heterocycles. The minimum atomic E-state index is -4.53. The molecule has 1 aromatic heterocycles. The lowest BCUT2D eigenvalue weighted by atomic mass is 9.96. The van der Waals surface area contributed by atoms with Crippen molar-refractivity contribution in [1.82, 2.24) is 9.78 Å². The molecule has 6 nitrogen and oxygen atoms in total. The van der Waals surface area contributed by atoms with E-state index < -0.39 is 24.2 Å². The lowest BCUT2D eigenvalue weighted by molar-refractivity contribution is -0.173. The first-order valence-corrected chi connectivity index (χ1v) is 11.0. The number of nitrogens with one attached hydrogen (secondary N) is 2. The number of hydrogen-bond acceptors (Lipinski definition) is 5. The molecular weight excluding hydrogens is 441 g/mol. The summed E-state index contributed by atoms with van der Waals surface area (Å²) >= 11 is 1.46. The molecule has 0 aliphatic carbocycles. The Hall–Kier alpha value is -3.14. The zero-order chi connectivity index (χ0) is 22.9. The summed E-state index contributed by atoms with van der Waals surface area (Å²) in [6.07, 6.45) is -1.74. The molecule has 0 unspecified atom stereocenters. The standard InChI is InChI=1S/C22H21F3N4O2S/c1-31-14-7-5-6-13(10-14)17-11-19(22(23,24)25)29-20(27-17)15(12-26-29)21(30)28-16-8-3-4-9-18(16)32-2/h3-10,12,17,19,27H,11H2,1-2H3,(H,28,30)/t17-,19-/m1/s1. The van der Waals surface area contributed by atoms with Gasteiger partial charge in [0, 0.05) is 11.3 Å². The van der Waals surface area contributed by atoms with Crippen LogP contribution in [0.4, 0.5) is 24.7 Å². The van der Waals surface area contributed by atoms with E-state index in [0.29, 0.717) is 17.0 Å². The molecule has 2 aromatic carbocycles. The van der Waals surface area contributed by atoms with Crippen molar-refractivity contribution in [1.29, 1.82) is 0 Å². The summed E-state index contributed by atoms with van der Waals surface area (Å²) in [5.74, 6) is 0.0385. The highest BCUT2D eigenvalue weighted by atomic mass is 32.2. The van der Waals surface area contributed by atoms with Gasteiger partial charge in [0.1, 0.15) is 17.1 Å². The summed E-state index contributed by atoms with van der Waals surface area (Å²) in [5.41, 5.74) is 1.25. The summed E-state index contributed by atoms with van der Waals surface area (Å²) in [6.45, 7) is 0. The quantitative estimate of drug-likeness (QED) is 0.489. The number of ether oxygens (including phenoxy) is 1. The van der Waals surface area contributed by atoms with Gasteiger partial charge in [-0.05, 0) is 36.1 Å². The molecule has 10 heteroatoms. The number of benzene rings is 2. The van der Waals surface area contributed by atoms with E-state index in [-0.39, 0.29) is 17.8 Å². The number of aromatic nitrogens is 2. The molecular formula is C22H21F3N4O2S. The van der Waals surface area contributed by atoms with Crippen LogP contribution in [0.5, 0.6) is 5.75 Å². The molecule has 168 valence electrons. The molecule has 0 bridgehead atoms. The number of carbonyl (C=O) groups excluding carboxylic acids is 1. The number of amides is 1. The normalized spacial score (nSPS) is 17.9. The number of fused-ring (bicyclic) bond motifs is 1. The highest BCUT2D eigenvalue weighted by Gasteiger charge is 2.47. The van der Waals surface area contributed by atoms with E-state index in [4.69, 9.17) is 4.74 Å². The molecule has 3 aromatic rings. The lowest BCUT2D eigenvalue weighted by Crippen LogP contribution is -2.36. The zero-order valence-corrected chi connectivity index (χ0v) is 18.1. The number of anilines is 2. The van der Waals surface area contributed by atoms with Gasteiger partial charge in [0.25, 0.3) is 5.91 Å². The van der Waals surface area contributed by atoms with Gasteiger partial charge in [-0.25, -0.2) is 4.68 Å². The van der Waals surface area contributed by atoms with Crippen molar-refractivity contribution in [2.24, 2.45) is 0 Å². The number of halogens is 3. The fraction of sp³-hybridized carbons (Fsp3) is 0.273. The van der Waals surface area contributed by atoms with Crippen molar-refractivity contribution in [2.75, 3.05) is 24.0 Å². The third-order valence-electron chi connectivity index (χ3n) is 5.33. The summed E-state index contributed by atoms with van der Waals surface area (Å²) in [6, 6.07) is 11.5. The SMILES string of the molecule is COc1cccc([C@H]2C[C@H](C(F)(F)F)n3ncc(C(=O)Nc4ccccc4SC)c3N2)c1. The minimum absolute atomic E-state index is 0.0329. The number of hydrogen-bond donors (Lipinski definition) is 2. The molecule has 1 amide bonds. The minimum Gasteiger partial charge on any atom is -0.497 e. The van der Waals surface area contributed by atoms with Gasteiger partial charge in [-0.3, -0.25) is 4.79 Å². The van der Waals surface area contributed by atoms with Gasteiger partial charge < -0.3 is 15.4 Å². The van der Waals surface area contributed by atoms with Gasteiger partial charge in [0.05, 0.1) is 25.0 Å². The number of thioether (sulfide) groups is 1. The molecule has 2 atom stereocenters. The topological polar surface area (TPSA) is 68.2 Å². The molecule has 4 rings (SSSR count). The van der Waals surface area contributed by atoms with Crippen molar-refractivity contribution in [3.8, 4) is 5.75 Å². The maximum absolute atomic E-state index is 13.9. The molecule has 0 radical (unpaired) electrons. The first kappa shape index (κ1) is 22.1. The largest absolute Gasteiger partial charge is 0.497 e. The smallest absolute Gasteiger partial charge is 0.410 e. The average Bonchev–Trinajstić information content (AvgIpc) is 3.22. The second-order valence-corrected chi connectivity index (χ2v) is 8.12. The number of rotatable bonds is 5. The van der Waals surface area contributed by atoms with E-state index in [1.54, 1.807) is 36.4 Å². The fourth-order valence-electron chi connectivity index (χ4n) is 3.74. The van der Waals surface area contributed by atoms with Crippen LogP contribution in [0.15, 0.2) is 59.6 Å². The molecule has 0 saturated carbocycles. The first-order chi connectivity index (χ1) is 15.3. The van der Waals surface area contributed by atoms with Crippen LogP contribution in [0.25, 0.3) is 0 Å². The summed E-state index contributed by atoms with van der Waals surface area (Å²) in [5, 5.41) is 9.79. The van der Waals surface area contributed by atoms with Crippen LogP contribution in [0.1, 0.15) is 34.4 Å². The highest BCUT2D eigenvalue weighted by Crippen LogP contribution is 2.44. The van der Waals surface area contributed by atoms with E-state index in [9.17, 15) is 18.0 Å². The maximum atomic E-state index is 13.9. The van der Waals surface area contributed by atoms with Crippen LogP contribution in [-0.2, 0) is 0 Å². The average molecular weight is 462 g/mol. The Labute approximate surface area is 187 Å². The Morgan fingerprint density at radius 2 is 2.03 bits per heavy atom. The summed E-state index contributed by atoms with van der Waals surface area (Å²) in [7, 11) is 1.50. The monoisotopic (exact) mass is 462 g/mol. The van der Waals surface area contributed by atoms with Gasteiger partial charge in [0.2, 0.25) is 0 Å². The molecule has 1 aliphatic rings. The second-order valence-electron chi connectivity index (χ2n) is 7.27. The van der Waals surface area contributed by atoms with E-state index in [1.807, 2.05) is 18.4 Å². The van der Waals surface area contributed by atoms with E-state index in [0.717, 1.165) is 9.58 Å². The van der Waals surface area contributed by atoms with Crippen LogP contribution in [0, 0.1) is 0 Å². The van der Waals surface area contributed by atoms with Gasteiger partial charge >= 0.3 is 6.18 Å². The molecule has 2 N–H and O–H groups in total. The van der Waals surface area contributed by atoms with Crippen LogP contribution in [-0.4, -0.2) is 35.2 Å². The second kappa shape index (κ2) is 8.78. The Bertz CT molecular complexity index is 1130. The van der Waals surface area contributed by atoms with Crippen molar-refractivity contribution in [3.05, 3.63) is 65.9 Å². The van der Waals surface area contributed by atoms with E-state index in [1.165, 1.54) is 25.1 Å². The van der Waals surface area contributed by atoms with Gasteiger partial charge in [-0.2, -0.15) is 18.3 Å². The van der Waals surface area contributed by atoms with Crippen LogP contribution in [0.2, 0.25) is 0 Å². The van der Waals surface area contributed by atoms with Crippen molar-refractivity contribution in [2.45, 2.75) is 29.6 Å². The zero-order valence-electron chi connectivity index (χ0n) is 17.3.